The van der Waals surface area contributed by atoms with Gasteiger partial charge in [0.15, 0.2) is 0 Å². The summed E-state index contributed by atoms with van der Waals surface area (Å²) in [4.78, 5) is 14.8. The summed E-state index contributed by atoms with van der Waals surface area (Å²) in [5.41, 5.74) is 2.55. The Morgan fingerprint density at radius 3 is 2.58 bits per heavy atom. The Kier molecular flexibility index (Phi) is 6.27. The van der Waals surface area contributed by atoms with E-state index >= 15 is 0 Å². The second-order valence-electron chi connectivity index (χ2n) is 7.53. The Balaban J connectivity index is 1.44. The van der Waals surface area contributed by atoms with Crippen LogP contribution in [0.3, 0.4) is 0 Å². The Labute approximate surface area is 146 Å². The van der Waals surface area contributed by atoms with Crippen molar-refractivity contribution in [3.8, 4) is 0 Å². The molecule has 1 saturated heterocycles. The van der Waals surface area contributed by atoms with E-state index in [-0.39, 0.29) is 11.8 Å². The first-order valence-corrected chi connectivity index (χ1v) is 9.49. The fourth-order valence-corrected chi connectivity index (χ4v) is 3.90. The third-order valence-electron chi connectivity index (χ3n) is 5.41. The molecule has 1 aliphatic carbocycles. The van der Waals surface area contributed by atoms with E-state index in [0.29, 0.717) is 12.5 Å². The quantitative estimate of drug-likeness (QED) is 0.872. The third-order valence-corrected chi connectivity index (χ3v) is 5.41. The highest BCUT2D eigenvalue weighted by atomic mass is 16.1. The number of benzene rings is 1. The maximum Gasteiger partial charge on any atom is 0.223 e. The first kappa shape index (κ1) is 17.4. The van der Waals surface area contributed by atoms with Crippen LogP contribution in [0.2, 0.25) is 0 Å². The van der Waals surface area contributed by atoms with Gasteiger partial charge in [-0.15, -0.1) is 0 Å². The molecular formula is C20H31N3O. The minimum absolute atomic E-state index is 0.223. The van der Waals surface area contributed by atoms with Crippen molar-refractivity contribution in [3.05, 3.63) is 35.4 Å². The summed E-state index contributed by atoms with van der Waals surface area (Å²) in [5.74, 6) is 1.16. The van der Waals surface area contributed by atoms with Crippen LogP contribution in [0.15, 0.2) is 24.3 Å². The van der Waals surface area contributed by atoms with Crippen molar-refractivity contribution in [3.63, 3.8) is 0 Å². The van der Waals surface area contributed by atoms with E-state index < -0.39 is 0 Å². The summed E-state index contributed by atoms with van der Waals surface area (Å²) in [6.45, 7) is 8.35. The number of hydrogen-bond acceptors (Lipinski definition) is 3. The van der Waals surface area contributed by atoms with Gasteiger partial charge in [-0.2, -0.15) is 0 Å². The molecule has 24 heavy (non-hydrogen) atoms. The van der Waals surface area contributed by atoms with Gasteiger partial charge in [-0.05, 0) is 29.9 Å². The number of nitrogens with one attached hydrogen (secondary N) is 2. The van der Waals surface area contributed by atoms with Crippen molar-refractivity contribution < 1.29 is 4.79 Å². The highest BCUT2D eigenvalue weighted by Crippen LogP contribution is 2.28. The maximum atomic E-state index is 12.3. The Morgan fingerprint density at radius 1 is 1.17 bits per heavy atom. The molecule has 1 amide bonds. The van der Waals surface area contributed by atoms with Crippen LogP contribution >= 0.6 is 0 Å². The number of hydrogen-bond donors (Lipinski definition) is 2. The van der Waals surface area contributed by atoms with Crippen molar-refractivity contribution in [1.82, 2.24) is 15.5 Å². The zero-order chi connectivity index (χ0) is 16.8. The van der Waals surface area contributed by atoms with E-state index in [1.807, 2.05) is 0 Å². The molecule has 0 bridgehead atoms. The summed E-state index contributed by atoms with van der Waals surface area (Å²) < 4.78 is 0. The number of rotatable bonds is 5. The molecule has 0 spiro atoms. The molecular weight excluding hydrogens is 298 g/mol. The second kappa shape index (κ2) is 8.63. The average Bonchev–Trinajstić information content (AvgIpc) is 2.62. The summed E-state index contributed by atoms with van der Waals surface area (Å²) in [7, 11) is 0. The lowest BCUT2D eigenvalue weighted by molar-refractivity contribution is -0.126. The summed E-state index contributed by atoms with van der Waals surface area (Å²) in [6, 6.07) is 8.71. The normalized spacial score (nSPS) is 25.4. The van der Waals surface area contributed by atoms with Crippen LogP contribution in [0.4, 0.5) is 0 Å². The van der Waals surface area contributed by atoms with Crippen molar-refractivity contribution in [2.45, 2.75) is 45.7 Å². The third kappa shape index (κ3) is 5.05. The number of carbonyl (C=O) groups excluding carboxylic acids is 1. The van der Waals surface area contributed by atoms with Crippen molar-refractivity contribution in [1.29, 1.82) is 0 Å². The maximum absolute atomic E-state index is 12.3. The zero-order valence-corrected chi connectivity index (χ0v) is 14.9. The molecule has 2 unspecified atom stereocenters. The van der Waals surface area contributed by atoms with Crippen LogP contribution in [0, 0.1) is 11.8 Å². The van der Waals surface area contributed by atoms with Gasteiger partial charge in [-0.1, -0.05) is 44.0 Å². The molecule has 0 aromatic heterocycles. The van der Waals surface area contributed by atoms with Gasteiger partial charge in [0.25, 0.3) is 0 Å². The molecule has 1 aromatic rings. The fourth-order valence-electron chi connectivity index (χ4n) is 3.90. The predicted molar refractivity (Wildman–Crippen MR) is 97.6 cm³/mol. The van der Waals surface area contributed by atoms with Crippen molar-refractivity contribution >= 4 is 5.91 Å². The lowest BCUT2D eigenvalue weighted by Crippen LogP contribution is -2.42. The van der Waals surface area contributed by atoms with Crippen molar-refractivity contribution in [2.75, 3.05) is 26.2 Å². The van der Waals surface area contributed by atoms with Crippen LogP contribution in [0.5, 0.6) is 0 Å². The number of piperazine rings is 1. The van der Waals surface area contributed by atoms with Crippen LogP contribution in [-0.2, 0) is 17.9 Å². The molecule has 4 nitrogen and oxygen atoms in total. The number of amides is 1. The summed E-state index contributed by atoms with van der Waals surface area (Å²) >= 11 is 0. The molecule has 1 aliphatic heterocycles. The molecule has 2 aliphatic rings. The van der Waals surface area contributed by atoms with Gasteiger partial charge < -0.3 is 10.6 Å². The van der Waals surface area contributed by atoms with Gasteiger partial charge in [-0.25, -0.2) is 0 Å². The average molecular weight is 329 g/mol. The fraction of sp³-hybridized carbons (Fsp3) is 0.650. The largest absolute Gasteiger partial charge is 0.352 e. The first-order chi connectivity index (χ1) is 11.7. The topological polar surface area (TPSA) is 44.4 Å². The highest BCUT2D eigenvalue weighted by molar-refractivity contribution is 5.78. The van der Waals surface area contributed by atoms with E-state index in [1.54, 1.807) is 0 Å². The standard InChI is InChI=1S/C20H31N3O/c1-16-3-2-4-19(13-16)20(24)22-14-17-5-7-18(8-6-17)15-23-11-9-21-10-12-23/h5-8,16,19,21H,2-4,9-15H2,1H3,(H,22,24). The van der Waals surface area contributed by atoms with Gasteiger partial charge in [-0.3, -0.25) is 9.69 Å². The molecule has 4 heteroatoms. The molecule has 1 saturated carbocycles. The summed E-state index contributed by atoms with van der Waals surface area (Å²) in [6.07, 6.45) is 4.58. The van der Waals surface area contributed by atoms with Gasteiger partial charge in [0.05, 0.1) is 0 Å². The highest BCUT2D eigenvalue weighted by Gasteiger charge is 2.24. The molecule has 2 fully saturated rings. The van der Waals surface area contributed by atoms with Crippen LogP contribution in [0.1, 0.15) is 43.7 Å². The van der Waals surface area contributed by atoms with Crippen molar-refractivity contribution in [2.24, 2.45) is 11.8 Å². The van der Waals surface area contributed by atoms with Crippen LogP contribution < -0.4 is 10.6 Å². The first-order valence-electron chi connectivity index (χ1n) is 9.49. The second-order valence-corrected chi connectivity index (χ2v) is 7.53. The van der Waals surface area contributed by atoms with Gasteiger partial charge in [0.1, 0.15) is 0 Å². The van der Waals surface area contributed by atoms with Crippen LogP contribution in [0.25, 0.3) is 0 Å². The monoisotopic (exact) mass is 329 g/mol. The van der Waals surface area contributed by atoms with E-state index in [0.717, 1.165) is 45.6 Å². The number of carbonyl (C=O) groups is 1. The van der Waals surface area contributed by atoms with Crippen LogP contribution in [-0.4, -0.2) is 37.0 Å². The smallest absolute Gasteiger partial charge is 0.223 e. The molecule has 132 valence electrons. The van der Waals surface area contributed by atoms with E-state index in [9.17, 15) is 4.79 Å². The lowest BCUT2D eigenvalue weighted by atomic mass is 9.82. The van der Waals surface area contributed by atoms with Gasteiger partial charge >= 0.3 is 0 Å². The van der Waals surface area contributed by atoms with E-state index in [4.69, 9.17) is 0 Å². The van der Waals surface area contributed by atoms with E-state index in [1.165, 1.54) is 24.0 Å². The molecule has 2 N–H and O–H groups in total. The molecule has 2 atom stereocenters. The molecule has 1 aromatic carbocycles. The SMILES string of the molecule is CC1CCCC(C(=O)NCc2ccc(CN3CCNCC3)cc2)C1. The zero-order valence-electron chi connectivity index (χ0n) is 14.9. The van der Waals surface area contributed by atoms with Gasteiger partial charge in [0, 0.05) is 45.2 Å². The Hall–Kier alpha value is -1.39. The Morgan fingerprint density at radius 2 is 1.88 bits per heavy atom. The predicted octanol–water partition coefficient (Wildman–Crippen LogP) is 2.53. The minimum Gasteiger partial charge on any atom is -0.352 e. The van der Waals surface area contributed by atoms with Gasteiger partial charge in [0.2, 0.25) is 5.91 Å². The molecule has 1 heterocycles. The number of nitrogens with zero attached hydrogens (tertiary/aromatic N) is 1. The molecule has 0 radical (unpaired) electrons. The summed E-state index contributed by atoms with van der Waals surface area (Å²) in [5, 5.41) is 6.52. The Bertz CT molecular complexity index is 522. The minimum atomic E-state index is 0.223. The lowest BCUT2D eigenvalue weighted by Gasteiger charge is -2.27. The van der Waals surface area contributed by atoms with E-state index in [2.05, 4.69) is 46.7 Å². The molecule has 3 rings (SSSR count).